The highest BCUT2D eigenvalue weighted by Crippen LogP contribution is 2.27. The molecule has 0 aliphatic carbocycles. The van der Waals surface area contributed by atoms with Crippen molar-refractivity contribution in [3.05, 3.63) is 68.3 Å². The fourth-order valence-corrected chi connectivity index (χ4v) is 2.36. The Morgan fingerprint density at radius 1 is 1.11 bits per heavy atom. The van der Waals surface area contributed by atoms with E-state index in [1.54, 1.807) is 12.1 Å². The monoisotopic (exact) mass is 390 g/mol. The molecular weight excluding hydrogens is 382 g/mol. The van der Waals surface area contributed by atoms with Crippen molar-refractivity contribution in [2.24, 2.45) is 0 Å². The van der Waals surface area contributed by atoms with Crippen molar-refractivity contribution in [3.8, 4) is 0 Å². The number of alkyl halides is 1. The first kappa shape index (κ1) is 13.8. The Morgan fingerprint density at radius 2 is 1.78 bits per heavy atom. The highest BCUT2D eigenvalue weighted by atomic mass is 127. The first-order chi connectivity index (χ1) is 8.59. The van der Waals surface area contributed by atoms with Gasteiger partial charge in [0.05, 0.1) is 5.02 Å². The molecule has 0 N–H and O–H groups in total. The molecule has 1 nitrogen and oxygen atoms in total. The van der Waals surface area contributed by atoms with Crippen LogP contribution < -0.4 is 0 Å². The van der Waals surface area contributed by atoms with E-state index in [2.05, 4.69) is 22.6 Å². The summed E-state index contributed by atoms with van der Waals surface area (Å²) in [7, 11) is 0. The highest BCUT2D eigenvalue weighted by molar-refractivity contribution is 14.1. The maximum absolute atomic E-state index is 12.2. The molecule has 92 valence electrons. The molecule has 18 heavy (non-hydrogen) atoms. The molecule has 0 radical (unpaired) electrons. The molecule has 0 spiro atoms. The predicted octanol–water partition coefficient (Wildman–Crippen LogP) is 5.11. The van der Waals surface area contributed by atoms with E-state index >= 15 is 0 Å². The second kappa shape index (κ2) is 6.04. The molecule has 1 atom stereocenters. The van der Waals surface area contributed by atoms with Gasteiger partial charge in [-0.15, -0.1) is 11.6 Å². The van der Waals surface area contributed by atoms with Crippen LogP contribution in [-0.2, 0) is 0 Å². The van der Waals surface area contributed by atoms with Crippen molar-refractivity contribution in [3.63, 3.8) is 0 Å². The number of rotatable bonds is 3. The Morgan fingerprint density at radius 3 is 2.39 bits per heavy atom. The van der Waals surface area contributed by atoms with Crippen molar-refractivity contribution in [1.82, 2.24) is 0 Å². The second-order valence-corrected chi connectivity index (χ2v) is 5.77. The zero-order valence-corrected chi connectivity index (χ0v) is 12.9. The van der Waals surface area contributed by atoms with E-state index in [1.165, 1.54) is 0 Å². The van der Waals surface area contributed by atoms with Crippen LogP contribution in [0.25, 0.3) is 0 Å². The highest BCUT2D eigenvalue weighted by Gasteiger charge is 2.19. The van der Waals surface area contributed by atoms with Crippen molar-refractivity contribution < 1.29 is 4.79 Å². The molecule has 0 fully saturated rings. The summed E-state index contributed by atoms with van der Waals surface area (Å²) in [5.41, 5.74) is 1.32. The summed E-state index contributed by atoms with van der Waals surface area (Å²) in [6.07, 6.45) is 0. The summed E-state index contributed by atoms with van der Waals surface area (Å²) in [4.78, 5) is 12.2. The van der Waals surface area contributed by atoms with Gasteiger partial charge in [0.25, 0.3) is 0 Å². The lowest BCUT2D eigenvalue weighted by molar-refractivity contribution is 0.0987. The molecule has 0 aromatic heterocycles. The average molecular weight is 391 g/mol. The van der Waals surface area contributed by atoms with Gasteiger partial charge in [0.2, 0.25) is 0 Å². The zero-order valence-electron chi connectivity index (χ0n) is 9.24. The first-order valence-electron chi connectivity index (χ1n) is 5.28. The molecule has 4 heteroatoms. The van der Waals surface area contributed by atoms with Gasteiger partial charge in [-0.2, -0.15) is 0 Å². The quantitative estimate of drug-likeness (QED) is 0.404. The Kier molecular flexibility index (Phi) is 4.65. The zero-order chi connectivity index (χ0) is 13.1. The summed E-state index contributed by atoms with van der Waals surface area (Å²) >= 11 is 14.3. The van der Waals surface area contributed by atoms with E-state index in [0.29, 0.717) is 10.6 Å². The number of ketones is 1. The van der Waals surface area contributed by atoms with Crippen LogP contribution in [0.1, 0.15) is 21.3 Å². The van der Waals surface area contributed by atoms with Crippen LogP contribution in [-0.4, -0.2) is 5.78 Å². The molecule has 0 saturated heterocycles. The Bertz CT molecular complexity index is 569. The van der Waals surface area contributed by atoms with E-state index < -0.39 is 5.38 Å². The molecule has 2 rings (SSSR count). The fraction of sp³-hybridized carbons (Fsp3) is 0.0714. The smallest absolute Gasteiger partial charge is 0.185 e. The van der Waals surface area contributed by atoms with Gasteiger partial charge < -0.3 is 0 Å². The van der Waals surface area contributed by atoms with Gasteiger partial charge in [0.1, 0.15) is 5.38 Å². The van der Waals surface area contributed by atoms with E-state index in [9.17, 15) is 4.79 Å². The van der Waals surface area contributed by atoms with Crippen LogP contribution in [0.3, 0.4) is 0 Å². The molecule has 1 unspecified atom stereocenters. The average Bonchev–Trinajstić information content (AvgIpc) is 2.41. The van der Waals surface area contributed by atoms with E-state index in [1.807, 2.05) is 36.4 Å². The normalized spacial score (nSPS) is 12.2. The molecule has 0 bridgehead atoms. The number of Topliss-reactive ketones (excluding diaryl/α,β-unsaturated/α-hetero) is 1. The molecule has 0 aliphatic rings. The third-order valence-electron chi connectivity index (χ3n) is 2.53. The predicted molar refractivity (Wildman–Crippen MR) is 83.5 cm³/mol. The molecule has 0 amide bonds. The summed E-state index contributed by atoms with van der Waals surface area (Å²) in [6, 6.07) is 14.5. The molecule has 2 aromatic rings. The standard InChI is InChI=1S/C14H9Cl2IO/c15-11-8-10(6-7-12(11)17)14(18)13(16)9-4-2-1-3-5-9/h1-8,13H. The third kappa shape index (κ3) is 3.05. The summed E-state index contributed by atoms with van der Waals surface area (Å²) < 4.78 is 0.914. The van der Waals surface area contributed by atoms with Gasteiger partial charge >= 0.3 is 0 Å². The lowest BCUT2D eigenvalue weighted by Crippen LogP contribution is -2.07. The number of hydrogen-bond donors (Lipinski definition) is 0. The minimum Gasteiger partial charge on any atom is -0.292 e. The lowest BCUT2D eigenvalue weighted by Gasteiger charge is -2.09. The Hall–Kier alpha value is -0.580. The largest absolute Gasteiger partial charge is 0.292 e. The summed E-state index contributed by atoms with van der Waals surface area (Å²) in [6.45, 7) is 0. The van der Waals surface area contributed by atoms with Gasteiger partial charge in [-0.05, 0) is 40.3 Å². The van der Waals surface area contributed by atoms with E-state index in [-0.39, 0.29) is 5.78 Å². The fourth-order valence-electron chi connectivity index (χ4n) is 1.57. The molecule has 0 aliphatic heterocycles. The number of carbonyl (C=O) groups is 1. The topological polar surface area (TPSA) is 17.1 Å². The van der Waals surface area contributed by atoms with Gasteiger partial charge in [0, 0.05) is 9.13 Å². The number of hydrogen-bond acceptors (Lipinski definition) is 1. The maximum Gasteiger partial charge on any atom is 0.185 e. The van der Waals surface area contributed by atoms with Crippen LogP contribution in [0.5, 0.6) is 0 Å². The minimum absolute atomic E-state index is 0.138. The number of benzene rings is 2. The minimum atomic E-state index is -0.678. The molecular formula is C14H9Cl2IO. The first-order valence-corrected chi connectivity index (χ1v) is 7.17. The lowest BCUT2D eigenvalue weighted by atomic mass is 10.0. The van der Waals surface area contributed by atoms with Gasteiger partial charge in [-0.3, -0.25) is 4.79 Å². The van der Waals surface area contributed by atoms with Gasteiger partial charge in [0.15, 0.2) is 5.78 Å². The van der Waals surface area contributed by atoms with E-state index in [4.69, 9.17) is 23.2 Å². The van der Waals surface area contributed by atoms with Gasteiger partial charge in [-0.1, -0.05) is 48.0 Å². The van der Waals surface area contributed by atoms with Crippen molar-refractivity contribution in [2.75, 3.05) is 0 Å². The van der Waals surface area contributed by atoms with Crippen LogP contribution in [0, 0.1) is 3.57 Å². The van der Waals surface area contributed by atoms with Crippen molar-refractivity contribution in [2.45, 2.75) is 5.38 Å². The number of halogens is 3. The summed E-state index contributed by atoms with van der Waals surface area (Å²) in [5, 5.41) is -0.110. The van der Waals surface area contributed by atoms with Crippen molar-refractivity contribution in [1.29, 1.82) is 0 Å². The van der Waals surface area contributed by atoms with E-state index in [0.717, 1.165) is 9.13 Å². The SMILES string of the molecule is O=C(c1ccc(I)c(Cl)c1)C(Cl)c1ccccc1. The second-order valence-electron chi connectivity index (χ2n) is 3.77. The Labute approximate surface area is 129 Å². The van der Waals surface area contributed by atoms with Crippen molar-refractivity contribution >= 4 is 51.6 Å². The van der Waals surface area contributed by atoms with Crippen LogP contribution in [0.2, 0.25) is 5.02 Å². The number of carbonyl (C=O) groups excluding carboxylic acids is 1. The van der Waals surface area contributed by atoms with Crippen LogP contribution >= 0.6 is 45.8 Å². The van der Waals surface area contributed by atoms with Crippen LogP contribution in [0.4, 0.5) is 0 Å². The van der Waals surface area contributed by atoms with Crippen LogP contribution in [0.15, 0.2) is 48.5 Å². The molecule has 0 saturated carbocycles. The molecule has 0 heterocycles. The summed E-state index contributed by atoms with van der Waals surface area (Å²) in [5.74, 6) is -0.138. The maximum atomic E-state index is 12.2. The molecule has 2 aromatic carbocycles. The third-order valence-corrected chi connectivity index (χ3v) is 4.55. The van der Waals surface area contributed by atoms with Gasteiger partial charge in [-0.25, -0.2) is 0 Å². The Balaban J connectivity index is 2.29.